The lowest BCUT2D eigenvalue weighted by atomic mass is 9.95. The number of hydrogen-bond donors (Lipinski definition) is 2. The van der Waals surface area contributed by atoms with Gasteiger partial charge in [-0.3, -0.25) is 9.59 Å². The highest BCUT2D eigenvalue weighted by Crippen LogP contribution is 2.29. The molecule has 1 aliphatic heterocycles. The Morgan fingerprint density at radius 1 is 1.13 bits per heavy atom. The molecule has 1 aliphatic carbocycles. The average Bonchev–Trinajstić information content (AvgIpc) is 2.96. The second-order valence-corrected chi connectivity index (χ2v) is 8.52. The van der Waals surface area contributed by atoms with Crippen LogP contribution in [-0.2, 0) is 19.6 Å². The second-order valence-electron chi connectivity index (χ2n) is 6.74. The molecule has 2 amide bonds. The summed E-state index contributed by atoms with van der Waals surface area (Å²) < 4.78 is 25.4. The molecule has 132 valence electrons. The average molecular weight is 345 g/mol. The van der Waals surface area contributed by atoms with E-state index >= 15 is 0 Å². The summed E-state index contributed by atoms with van der Waals surface area (Å²) in [5.74, 6) is -0.0835. The van der Waals surface area contributed by atoms with Gasteiger partial charge >= 0.3 is 0 Å². The number of rotatable bonds is 5. The molecule has 2 N–H and O–H groups in total. The van der Waals surface area contributed by atoms with Crippen molar-refractivity contribution in [2.45, 2.75) is 57.5 Å². The first-order valence-electron chi connectivity index (χ1n) is 8.29. The van der Waals surface area contributed by atoms with Gasteiger partial charge in [0.1, 0.15) is 6.04 Å². The molecule has 0 aromatic carbocycles. The third-order valence-electron chi connectivity index (χ3n) is 4.61. The van der Waals surface area contributed by atoms with Crippen LogP contribution in [0, 0.1) is 5.92 Å². The van der Waals surface area contributed by atoms with Gasteiger partial charge in [-0.1, -0.05) is 12.8 Å². The SMILES string of the molecule is CC(=O)N[C@@H](C(=O)N1CCC[C@@H](NS(C)(=O)=O)C1)C1CCCC1. The minimum absolute atomic E-state index is 0.0768. The summed E-state index contributed by atoms with van der Waals surface area (Å²) in [6.07, 6.45) is 6.71. The molecule has 1 saturated carbocycles. The van der Waals surface area contributed by atoms with Gasteiger partial charge in [-0.2, -0.15) is 0 Å². The Bertz CT molecular complexity index is 543. The van der Waals surface area contributed by atoms with Crippen molar-refractivity contribution in [1.29, 1.82) is 0 Å². The molecule has 1 heterocycles. The Hall–Kier alpha value is -1.15. The van der Waals surface area contributed by atoms with Gasteiger partial charge in [0.25, 0.3) is 0 Å². The van der Waals surface area contributed by atoms with Gasteiger partial charge in [-0.25, -0.2) is 13.1 Å². The fraction of sp³-hybridized carbons (Fsp3) is 0.867. The van der Waals surface area contributed by atoms with E-state index in [9.17, 15) is 18.0 Å². The zero-order valence-corrected chi connectivity index (χ0v) is 14.7. The Kier molecular flexibility index (Phi) is 6.02. The van der Waals surface area contributed by atoms with E-state index in [1.54, 1.807) is 4.90 Å². The molecule has 0 bridgehead atoms. The van der Waals surface area contributed by atoms with Crippen molar-refractivity contribution < 1.29 is 18.0 Å². The maximum atomic E-state index is 12.9. The van der Waals surface area contributed by atoms with Gasteiger partial charge in [0.15, 0.2) is 0 Å². The minimum atomic E-state index is -3.29. The van der Waals surface area contributed by atoms with Crippen molar-refractivity contribution in [3.05, 3.63) is 0 Å². The van der Waals surface area contributed by atoms with E-state index in [-0.39, 0.29) is 23.8 Å². The number of carbonyl (C=O) groups excluding carboxylic acids is 2. The highest BCUT2D eigenvalue weighted by molar-refractivity contribution is 7.88. The molecule has 23 heavy (non-hydrogen) atoms. The van der Waals surface area contributed by atoms with Crippen molar-refractivity contribution >= 4 is 21.8 Å². The third kappa shape index (κ3) is 5.46. The van der Waals surface area contributed by atoms with Gasteiger partial charge in [-0.15, -0.1) is 0 Å². The largest absolute Gasteiger partial charge is 0.344 e. The summed E-state index contributed by atoms with van der Waals surface area (Å²) in [6.45, 7) is 2.41. The van der Waals surface area contributed by atoms with Gasteiger partial charge in [0, 0.05) is 26.1 Å². The third-order valence-corrected chi connectivity index (χ3v) is 5.37. The van der Waals surface area contributed by atoms with E-state index in [0.29, 0.717) is 13.1 Å². The molecular formula is C15H27N3O4S. The van der Waals surface area contributed by atoms with Gasteiger partial charge in [0.2, 0.25) is 21.8 Å². The summed E-state index contributed by atoms with van der Waals surface area (Å²) in [7, 11) is -3.29. The lowest BCUT2D eigenvalue weighted by Crippen LogP contribution is -2.56. The summed E-state index contributed by atoms with van der Waals surface area (Å²) in [6, 6.07) is -0.726. The Labute approximate surface area is 138 Å². The number of amides is 2. The van der Waals surface area contributed by atoms with Crippen molar-refractivity contribution in [2.75, 3.05) is 19.3 Å². The van der Waals surface area contributed by atoms with Crippen LogP contribution < -0.4 is 10.0 Å². The van der Waals surface area contributed by atoms with E-state index in [4.69, 9.17) is 0 Å². The van der Waals surface area contributed by atoms with E-state index < -0.39 is 16.1 Å². The first-order valence-corrected chi connectivity index (χ1v) is 10.2. The molecule has 1 saturated heterocycles. The highest BCUT2D eigenvalue weighted by atomic mass is 32.2. The number of piperidine rings is 1. The normalized spacial score (nSPS) is 24.4. The molecule has 0 unspecified atom stereocenters. The lowest BCUT2D eigenvalue weighted by molar-refractivity contribution is -0.138. The van der Waals surface area contributed by atoms with Crippen LogP contribution in [0.4, 0.5) is 0 Å². The standard InChI is InChI=1S/C15H27N3O4S/c1-11(19)16-14(12-6-3-4-7-12)15(20)18-9-5-8-13(10-18)17-23(2,21)22/h12-14,17H,3-10H2,1-2H3,(H,16,19)/t13-,14-/m1/s1. The minimum Gasteiger partial charge on any atom is -0.344 e. The molecule has 2 rings (SSSR count). The number of likely N-dealkylation sites (tertiary alicyclic amines) is 1. The van der Waals surface area contributed by atoms with Crippen LogP contribution >= 0.6 is 0 Å². The zero-order valence-electron chi connectivity index (χ0n) is 13.9. The first kappa shape index (κ1) is 18.2. The van der Waals surface area contributed by atoms with Crippen LogP contribution in [-0.4, -0.2) is 56.6 Å². The van der Waals surface area contributed by atoms with Gasteiger partial charge in [-0.05, 0) is 31.6 Å². The van der Waals surface area contributed by atoms with E-state index in [0.717, 1.165) is 44.8 Å². The van der Waals surface area contributed by atoms with Crippen molar-refractivity contribution in [3.63, 3.8) is 0 Å². The second kappa shape index (κ2) is 7.61. The summed E-state index contributed by atoms with van der Waals surface area (Å²) >= 11 is 0. The van der Waals surface area contributed by atoms with E-state index in [1.165, 1.54) is 6.92 Å². The number of nitrogens with one attached hydrogen (secondary N) is 2. The first-order chi connectivity index (χ1) is 10.8. The Balaban J connectivity index is 2.04. The monoisotopic (exact) mass is 345 g/mol. The van der Waals surface area contributed by atoms with Gasteiger partial charge in [0.05, 0.1) is 6.26 Å². The van der Waals surface area contributed by atoms with Crippen LogP contribution in [0.15, 0.2) is 0 Å². The zero-order chi connectivity index (χ0) is 17.0. The predicted octanol–water partition coefficient (Wildman–Crippen LogP) is 0.222. The molecule has 0 aromatic heterocycles. The topological polar surface area (TPSA) is 95.6 Å². The summed E-state index contributed by atoms with van der Waals surface area (Å²) in [5.41, 5.74) is 0. The molecule has 0 spiro atoms. The van der Waals surface area contributed by atoms with Crippen LogP contribution in [0.25, 0.3) is 0 Å². The molecule has 8 heteroatoms. The molecule has 2 fully saturated rings. The number of sulfonamides is 1. The smallest absolute Gasteiger partial charge is 0.245 e. The molecule has 2 aliphatic rings. The molecular weight excluding hydrogens is 318 g/mol. The fourth-order valence-corrected chi connectivity index (χ4v) is 4.46. The van der Waals surface area contributed by atoms with Crippen molar-refractivity contribution in [3.8, 4) is 0 Å². The van der Waals surface area contributed by atoms with E-state index in [2.05, 4.69) is 10.0 Å². The molecule has 0 aromatic rings. The Morgan fingerprint density at radius 3 is 2.35 bits per heavy atom. The van der Waals surface area contributed by atoms with Crippen LogP contribution in [0.5, 0.6) is 0 Å². The van der Waals surface area contributed by atoms with Gasteiger partial charge < -0.3 is 10.2 Å². The predicted molar refractivity (Wildman–Crippen MR) is 87.1 cm³/mol. The quantitative estimate of drug-likeness (QED) is 0.745. The molecule has 0 radical (unpaired) electrons. The number of nitrogens with zero attached hydrogens (tertiary/aromatic N) is 1. The van der Waals surface area contributed by atoms with Crippen molar-refractivity contribution in [1.82, 2.24) is 14.9 Å². The number of hydrogen-bond acceptors (Lipinski definition) is 4. The molecule has 7 nitrogen and oxygen atoms in total. The van der Waals surface area contributed by atoms with Crippen LogP contribution in [0.2, 0.25) is 0 Å². The van der Waals surface area contributed by atoms with E-state index in [1.807, 2.05) is 0 Å². The molecule has 2 atom stereocenters. The van der Waals surface area contributed by atoms with Crippen molar-refractivity contribution in [2.24, 2.45) is 5.92 Å². The summed E-state index contributed by atoms with van der Waals surface area (Å²) in [4.78, 5) is 26.0. The fourth-order valence-electron chi connectivity index (χ4n) is 3.66. The maximum absolute atomic E-state index is 12.9. The maximum Gasteiger partial charge on any atom is 0.245 e. The van der Waals surface area contributed by atoms with Crippen LogP contribution in [0.1, 0.15) is 45.4 Å². The lowest BCUT2D eigenvalue weighted by Gasteiger charge is -2.36. The van der Waals surface area contributed by atoms with Crippen LogP contribution in [0.3, 0.4) is 0 Å². The summed E-state index contributed by atoms with van der Waals surface area (Å²) in [5, 5.41) is 2.81. The Morgan fingerprint density at radius 2 is 1.78 bits per heavy atom. The highest BCUT2D eigenvalue weighted by Gasteiger charge is 2.36. The number of carbonyl (C=O) groups is 2.